The van der Waals surface area contributed by atoms with Gasteiger partial charge in [-0.05, 0) is 31.2 Å². The second kappa shape index (κ2) is 6.57. The van der Waals surface area contributed by atoms with Gasteiger partial charge >= 0.3 is 0 Å². The summed E-state index contributed by atoms with van der Waals surface area (Å²) in [5.74, 6) is 0.111. The Balaban J connectivity index is 1.96. The minimum atomic E-state index is -0.299. The summed E-state index contributed by atoms with van der Waals surface area (Å²) < 4.78 is 21.2. The summed E-state index contributed by atoms with van der Waals surface area (Å²) in [6.45, 7) is 1.96. The fraction of sp³-hybridized carbons (Fsp3) is 0.222. The maximum atomic E-state index is 13.3. The van der Waals surface area contributed by atoms with E-state index in [4.69, 9.17) is 4.74 Å². The van der Waals surface area contributed by atoms with Crippen LogP contribution in [0.5, 0.6) is 5.75 Å². The molecular formula is C18H17FN2O2S. The lowest BCUT2D eigenvalue weighted by Crippen LogP contribution is -2.14. The van der Waals surface area contributed by atoms with Gasteiger partial charge in [-0.2, -0.15) is 4.99 Å². The minimum Gasteiger partial charge on any atom is -0.496 e. The Kier molecular flexibility index (Phi) is 4.49. The van der Waals surface area contributed by atoms with Crippen molar-refractivity contribution in [1.29, 1.82) is 0 Å². The van der Waals surface area contributed by atoms with Crippen molar-refractivity contribution in [2.45, 2.75) is 13.3 Å². The first kappa shape index (κ1) is 16.4. The standard InChI is InChI=1S/C18H17FN2O2S/c1-11-4-7-15(23-3)12(8-11)9-17(22)20-18-21(2)14-6-5-13(19)10-16(14)24-18/h4-8,10H,9H2,1-3H3. The molecule has 0 bridgehead atoms. The summed E-state index contributed by atoms with van der Waals surface area (Å²) in [5, 5.41) is 0. The number of thiazole rings is 1. The molecule has 0 atom stereocenters. The summed E-state index contributed by atoms with van der Waals surface area (Å²) >= 11 is 1.29. The van der Waals surface area contributed by atoms with Crippen molar-refractivity contribution in [3.63, 3.8) is 0 Å². The van der Waals surface area contributed by atoms with Crippen molar-refractivity contribution in [3.05, 3.63) is 58.1 Å². The molecule has 0 aliphatic heterocycles. The third-order valence-electron chi connectivity index (χ3n) is 3.77. The predicted molar refractivity (Wildman–Crippen MR) is 92.8 cm³/mol. The number of amides is 1. The third-order valence-corrected chi connectivity index (χ3v) is 4.86. The van der Waals surface area contributed by atoms with E-state index in [2.05, 4.69) is 4.99 Å². The molecule has 0 aliphatic carbocycles. The molecule has 6 heteroatoms. The van der Waals surface area contributed by atoms with Crippen molar-refractivity contribution >= 4 is 27.5 Å². The summed E-state index contributed by atoms with van der Waals surface area (Å²) in [5.41, 5.74) is 2.71. The van der Waals surface area contributed by atoms with Crippen LogP contribution in [0.3, 0.4) is 0 Å². The Morgan fingerprint density at radius 2 is 2.08 bits per heavy atom. The Morgan fingerprint density at radius 3 is 2.83 bits per heavy atom. The van der Waals surface area contributed by atoms with Crippen molar-refractivity contribution in [3.8, 4) is 5.75 Å². The lowest BCUT2D eigenvalue weighted by atomic mass is 10.1. The topological polar surface area (TPSA) is 43.6 Å². The van der Waals surface area contributed by atoms with Crippen molar-refractivity contribution in [1.82, 2.24) is 4.57 Å². The van der Waals surface area contributed by atoms with Gasteiger partial charge in [-0.1, -0.05) is 29.0 Å². The van der Waals surface area contributed by atoms with E-state index in [9.17, 15) is 9.18 Å². The molecular weight excluding hydrogens is 327 g/mol. The molecule has 24 heavy (non-hydrogen) atoms. The van der Waals surface area contributed by atoms with Crippen LogP contribution in [0.2, 0.25) is 0 Å². The van der Waals surface area contributed by atoms with E-state index in [1.165, 1.54) is 23.5 Å². The fourth-order valence-corrected chi connectivity index (χ4v) is 3.63. The summed E-state index contributed by atoms with van der Waals surface area (Å²) in [6.07, 6.45) is 0.160. The quantitative estimate of drug-likeness (QED) is 0.731. The van der Waals surface area contributed by atoms with E-state index in [0.29, 0.717) is 10.6 Å². The van der Waals surface area contributed by atoms with Crippen LogP contribution in [0.25, 0.3) is 10.2 Å². The van der Waals surface area contributed by atoms with Gasteiger partial charge in [-0.15, -0.1) is 0 Å². The monoisotopic (exact) mass is 344 g/mol. The highest BCUT2D eigenvalue weighted by molar-refractivity contribution is 7.16. The van der Waals surface area contributed by atoms with Gasteiger partial charge in [0.05, 0.1) is 23.7 Å². The zero-order valence-corrected chi connectivity index (χ0v) is 14.5. The molecule has 1 amide bonds. The maximum Gasteiger partial charge on any atom is 0.252 e. The molecule has 0 aliphatic rings. The number of carbonyl (C=O) groups excluding carboxylic acids is 1. The molecule has 0 saturated heterocycles. The van der Waals surface area contributed by atoms with E-state index in [1.807, 2.05) is 32.2 Å². The largest absolute Gasteiger partial charge is 0.496 e. The van der Waals surface area contributed by atoms with Gasteiger partial charge in [-0.3, -0.25) is 4.79 Å². The van der Waals surface area contributed by atoms with Crippen LogP contribution in [0.1, 0.15) is 11.1 Å². The van der Waals surface area contributed by atoms with Crippen LogP contribution in [0, 0.1) is 12.7 Å². The number of nitrogens with zero attached hydrogens (tertiary/aromatic N) is 2. The zero-order valence-electron chi connectivity index (χ0n) is 13.7. The van der Waals surface area contributed by atoms with Gasteiger partial charge in [0.25, 0.3) is 5.91 Å². The van der Waals surface area contributed by atoms with Gasteiger partial charge < -0.3 is 9.30 Å². The van der Waals surface area contributed by atoms with Crippen LogP contribution in [0.15, 0.2) is 41.4 Å². The van der Waals surface area contributed by atoms with Gasteiger partial charge in [0.2, 0.25) is 0 Å². The first-order valence-corrected chi connectivity index (χ1v) is 8.26. The predicted octanol–water partition coefficient (Wildman–Crippen LogP) is 3.37. The molecule has 0 radical (unpaired) electrons. The number of methoxy groups -OCH3 is 1. The third kappa shape index (κ3) is 3.23. The van der Waals surface area contributed by atoms with Crippen LogP contribution in [-0.4, -0.2) is 17.6 Å². The van der Waals surface area contributed by atoms with E-state index >= 15 is 0 Å². The molecule has 3 aromatic rings. The highest BCUT2D eigenvalue weighted by Gasteiger charge is 2.10. The van der Waals surface area contributed by atoms with E-state index in [0.717, 1.165) is 21.3 Å². The number of rotatable bonds is 3. The number of benzene rings is 2. The number of carbonyl (C=O) groups is 1. The molecule has 2 aromatic carbocycles. The SMILES string of the molecule is COc1ccc(C)cc1CC(=O)N=c1sc2cc(F)ccc2n1C. The second-order valence-electron chi connectivity index (χ2n) is 5.55. The average Bonchev–Trinajstić information content (AvgIpc) is 2.83. The lowest BCUT2D eigenvalue weighted by Gasteiger charge is -2.07. The van der Waals surface area contributed by atoms with E-state index in [1.54, 1.807) is 17.7 Å². The summed E-state index contributed by atoms with van der Waals surface area (Å²) in [7, 11) is 3.40. The number of hydrogen-bond donors (Lipinski definition) is 0. The number of aromatic nitrogens is 1. The normalized spacial score (nSPS) is 11.9. The smallest absolute Gasteiger partial charge is 0.252 e. The Hall–Kier alpha value is -2.47. The van der Waals surface area contributed by atoms with Crippen molar-refractivity contribution in [2.75, 3.05) is 7.11 Å². The second-order valence-corrected chi connectivity index (χ2v) is 6.56. The molecule has 0 unspecified atom stereocenters. The minimum absolute atomic E-state index is 0.160. The van der Waals surface area contributed by atoms with Crippen LogP contribution < -0.4 is 9.54 Å². The van der Waals surface area contributed by atoms with Gasteiger partial charge in [0.1, 0.15) is 11.6 Å². The summed E-state index contributed by atoms with van der Waals surface area (Å²) in [4.78, 5) is 17.1. The first-order chi connectivity index (χ1) is 11.5. The fourth-order valence-electron chi connectivity index (χ4n) is 2.57. The molecule has 1 aromatic heterocycles. The van der Waals surface area contributed by atoms with Crippen molar-refractivity contribution < 1.29 is 13.9 Å². The molecule has 0 N–H and O–H groups in total. The lowest BCUT2D eigenvalue weighted by molar-refractivity contribution is -0.117. The van der Waals surface area contributed by atoms with E-state index < -0.39 is 0 Å². The molecule has 0 saturated carbocycles. The number of hydrogen-bond acceptors (Lipinski definition) is 3. The molecule has 0 spiro atoms. The van der Waals surface area contributed by atoms with Gasteiger partial charge in [-0.25, -0.2) is 4.39 Å². The van der Waals surface area contributed by atoms with Crippen LogP contribution in [0.4, 0.5) is 4.39 Å². The van der Waals surface area contributed by atoms with Crippen LogP contribution in [-0.2, 0) is 18.3 Å². The number of halogens is 1. The Bertz CT molecular complexity index is 988. The average molecular weight is 344 g/mol. The van der Waals surface area contributed by atoms with Crippen molar-refractivity contribution in [2.24, 2.45) is 12.0 Å². The van der Waals surface area contributed by atoms with Gasteiger partial charge in [0.15, 0.2) is 4.80 Å². The number of fused-ring (bicyclic) bond motifs is 1. The summed E-state index contributed by atoms with van der Waals surface area (Å²) in [6, 6.07) is 10.2. The highest BCUT2D eigenvalue weighted by Crippen LogP contribution is 2.21. The first-order valence-electron chi connectivity index (χ1n) is 7.44. The number of aryl methyl sites for hydroxylation is 2. The Labute approximate surface area is 142 Å². The molecule has 0 fully saturated rings. The van der Waals surface area contributed by atoms with E-state index in [-0.39, 0.29) is 18.1 Å². The molecule has 3 rings (SSSR count). The highest BCUT2D eigenvalue weighted by atomic mass is 32.1. The molecule has 1 heterocycles. The van der Waals surface area contributed by atoms with Gasteiger partial charge in [0, 0.05) is 12.6 Å². The zero-order chi connectivity index (χ0) is 17.3. The Morgan fingerprint density at radius 1 is 1.29 bits per heavy atom. The maximum absolute atomic E-state index is 13.3. The molecule has 124 valence electrons. The number of ether oxygens (including phenoxy) is 1. The molecule has 4 nitrogen and oxygen atoms in total. The van der Waals surface area contributed by atoms with Crippen LogP contribution >= 0.6 is 11.3 Å².